The van der Waals surface area contributed by atoms with E-state index in [0.29, 0.717) is 28.9 Å². The van der Waals surface area contributed by atoms with E-state index in [9.17, 15) is 4.79 Å². The quantitative estimate of drug-likeness (QED) is 0.835. The number of pyridine rings is 1. The van der Waals surface area contributed by atoms with Crippen LogP contribution in [0.3, 0.4) is 0 Å². The minimum Gasteiger partial charge on any atom is -0.369 e. The number of amides is 1. The van der Waals surface area contributed by atoms with Crippen LogP contribution in [0.2, 0.25) is 5.02 Å². The van der Waals surface area contributed by atoms with Crippen molar-refractivity contribution in [3.8, 4) is 0 Å². The van der Waals surface area contributed by atoms with Crippen LogP contribution in [0.1, 0.15) is 44.5 Å². The van der Waals surface area contributed by atoms with Gasteiger partial charge in [-0.3, -0.25) is 4.79 Å². The maximum atomic E-state index is 12.4. The number of hydrogen-bond acceptors (Lipinski definition) is 3. The predicted molar refractivity (Wildman–Crippen MR) is 84.4 cm³/mol. The fourth-order valence-electron chi connectivity index (χ4n) is 1.91. The van der Waals surface area contributed by atoms with Crippen LogP contribution in [0.25, 0.3) is 0 Å². The number of rotatable bonds is 7. The molecule has 112 valence electrons. The van der Waals surface area contributed by atoms with E-state index in [-0.39, 0.29) is 5.91 Å². The molecule has 0 atom stereocenters. The van der Waals surface area contributed by atoms with E-state index in [1.165, 1.54) is 0 Å². The number of anilines is 1. The van der Waals surface area contributed by atoms with Crippen molar-refractivity contribution in [2.45, 2.75) is 34.1 Å². The minimum atomic E-state index is -0.0161. The monoisotopic (exact) mass is 297 g/mol. The number of halogens is 1. The molecule has 0 bridgehead atoms. The van der Waals surface area contributed by atoms with E-state index in [1.807, 2.05) is 11.8 Å². The van der Waals surface area contributed by atoms with Gasteiger partial charge in [0, 0.05) is 25.8 Å². The number of carbonyl (C=O) groups is 1. The lowest BCUT2D eigenvalue weighted by Gasteiger charge is -2.23. The van der Waals surface area contributed by atoms with Gasteiger partial charge >= 0.3 is 0 Å². The van der Waals surface area contributed by atoms with Gasteiger partial charge in [0.05, 0.1) is 10.6 Å². The van der Waals surface area contributed by atoms with E-state index in [0.717, 1.165) is 19.5 Å². The van der Waals surface area contributed by atoms with Crippen molar-refractivity contribution in [3.05, 3.63) is 22.8 Å². The number of nitrogens with one attached hydrogen (secondary N) is 1. The Morgan fingerprint density at radius 1 is 1.45 bits per heavy atom. The highest BCUT2D eigenvalue weighted by Gasteiger charge is 2.17. The molecule has 4 nitrogen and oxygen atoms in total. The second kappa shape index (κ2) is 8.10. The van der Waals surface area contributed by atoms with Crippen LogP contribution < -0.4 is 5.32 Å². The lowest BCUT2D eigenvalue weighted by molar-refractivity contribution is 0.0745. The van der Waals surface area contributed by atoms with Crippen molar-refractivity contribution in [2.24, 2.45) is 5.92 Å². The molecule has 1 aromatic heterocycles. The molecule has 0 saturated carbocycles. The third-order valence-corrected chi connectivity index (χ3v) is 3.17. The lowest BCUT2D eigenvalue weighted by Crippen LogP contribution is -2.34. The van der Waals surface area contributed by atoms with Crippen LogP contribution in [0.4, 0.5) is 5.82 Å². The Morgan fingerprint density at radius 3 is 2.65 bits per heavy atom. The highest BCUT2D eigenvalue weighted by Crippen LogP contribution is 2.21. The summed E-state index contributed by atoms with van der Waals surface area (Å²) in [5.41, 5.74) is 0.541. The number of hydrogen-bond donors (Lipinski definition) is 1. The van der Waals surface area contributed by atoms with E-state index in [2.05, 4.69) is 31.1 Å². The Labute approximate surface area is 126 Å². The predicted octanol–water partition coefficient (Wildman–Crippen LogP) is 3.68. The molecule has 1 rings (SSSR count). The third kappa shape index (κ3) is 4.67. The molecule has 5 heteroatoms. The lowest BCUT2D eigenvalue weighted by atomic mass is 10.1. The van der Waals surface area contributed by atoms with Crippen LogP contribution in [-0.2, 0) is 0 Å². The summed E-state index contributed by atoms with van der Waals surface area (Å²) in [6.45, 7) is 10.5. The van der Waals surface area contributed by atoms with Crippen molar-refractivity contribution in [2.75, 3.05) is 25.0 Å². The molecule has 0 unspecified atom stereocenters. The zero-order valence-electron chi connectivity index (χ0n) is 12.7. The fourth-order valence-corrected chi connectivity index (χ4v) is 2.14. The molecular weight excluding hydrogens is 274 g/mol. The molecule has 1 heterocycles. The van der Waals surface area contributed by atoms with E-state index >= 15 is 0 Å². The zero-order valence-corrected chi connectivity index (χ0v) is 13.5. The Morgan fingerprint density at radius 2 is 2.15 bits per heavy atom. The van der Waals surface area contributed by atoms with Crippen molar-refractivity contribution in [1.29, 1.82) is 0 Å². The maximum absolute atomic E-state index is 12.4. The number of nitrogens with zero attached hydrogens (tertiary/aromatic N) is 2. The van der Waals surface area contributed by atoms with Crippen molar-refractivity contribution in [1.82, 2.24) is 9.88 Å². The molecule has 1 amide bonds. The average Bonchev–Trinajstić information content (AvgIpc) is 2.42. The van der Waals surface area contributed by atoms with Gasteiger partial charge in [0.15, 0.2) is 0 Å². The van der Waals surface area contributed by atoms with Gasteiger partial charge in [0.1, 0.15) is 5.82 Å². The smallest absolute Gasteiger partial charge is 0.255 e. The van der Waals surface area contributed by atoms with Crippen LogP contribution in [0.15, 0.2) is 12.3 Å². The first-order valence-electron chi connectivity index (χ1n) is 7.18. The molecule has 0 spiro atoms. The van der Waals surface area contributed by atoms with Gasteiger partial charge in [-0.25, -0.2) is 4.98 Å². The molecule has 0 fully saturated rings. The summed E-state index contributed by atoms with van der Waals surface area (Å²) in [4.78, 5) is 18.5. The van der Waals surface area contributed by atoms with Crippen LogP contribution in [-0.4, -0.2) is 35.4 Å². The maximum Gasteiger partial charge on any atom is 0.255 e. The molecule has 0 aliphatic heterocycles. The van der Waals surface area contributed by atoms with Gasteiger partial charge in [0.2, 0.25) is 0 Å². The largest absolute Gasteiger partial charge is 0.369 e. The molecule has 0 aliphatic rings. The van der Waals surface area contributed by atoms with Gasteiger partial charge in [-0.2, -0.15) is 0 Å². The zero-order chi connectivity index (χ0) is 15.1. The van der Waals surface area contributed by atoms with E-state index < -0.39 is 0 Å². The summed E-state index contributed by atoms with van der Waals surface area (Å²) in [6.07, 6.45) is 2.59. The Balaban J connectivity index is 2.85. The number of aromatic nitrogens is 1. The minimum absolute atomic E-state index is 0.0161. The molecule has 1 N–H and O–H groups in total. The Bertz CT molecular complexity index is 449. The van der Waals surface area contributed by atoms with Crippen molar-refractivity contribution >= 4 is 23.3 Å². The van der Waals surface area contributed by atoms with Gasteiger partial charge in [0.25, 0.3) is 5.91 Å². The molecular formula is C15H24ClN3O. The first kappa shape index (κ1) is 16.8. The molecule has 0 radical (unpaired) electrons. The first-order valence-corrected chi connectivity index (χ1v) is 7.56. The highest BCUT2D eigenvalue weighted by molar-refractivity contribution is 6.33. The molecule has 1 aromatic rings. The second-order valence-corrected chi connectivity index (χ2v) is 5.63. The van der Waals surface area contributed by atoms with Crippen LogP contribution >= 0.6 is 11.6 Å². The Hall–Kier alpha value is -1.29. The molecule has 20 heavy (non-hydrogen) atoms. The van der Waals surface area contributed by atoms with Crippen molar-refractivity contribution in [3.63, 3.8) is 0 Å². The summed E-state index contributed by atoms with van der Waals surface area (Å²) in [7, 11) is 0. The Kier molecular flexibility index (Phi) is 6.79. The van der Waals surface area contributed by atoms with E-state index in [4.69, 9.17) is 11.6 Å². The van der Waals surface area contributed by atoms with Crippen molar-refractivity contribution < 1.29 is 4.79 Å². The van der Waals surface area contributed by atoms with Gasteiger partial charge in [-0.15, -0.1) is 0 Å². The average molecular weight is 298 g/mol. The van der Waals surface area contributed by atoms with Gasteiger partial charge in [-0.1, -0.05) is 32.4 Å². The molecule has 0 saturated heterocycles. The standard InChI is InChI=1S/C15H24ClN3O/c1-5-7-17-14-13(16)8-12(9-18-14)15(20)19(6-2)10-11(3)4/h8-9,11H,5-7,10H2,1-4H3,(H,17,18). The van der Waals surface area contributed by atoms with Gasteiger partial charge in [-0.05, 0) is 25.3 Å². The van der Waals surface area contributed by atoms with E-state index in [1.54, 1.807) is 12.3 Å². The van der Waals surface area contributed by atoms with Gasteiger partial charge < -0.3 is 10.2 Å². The van der Waals surface area contributed by atoms with Crippen LogP contribution in [0.5, 0.6) is 0 Å². The first-order chi connectivity index (χ1) is 9.49. The summed E-state index contributed by atoms with van der Waals surface area (Å²) in [5, 5.41) is 3.63. The fraction of sp³-hybridized carbons (Fsp3) is 0.600. The highest BCUT2D eigenvalue weighted by atomic mass is 35.5. The SMILES string of the molecule is CCCNc1ncc(C(=O)N(CC)CC(C)C)cc1Cl. The molecule has 0 aromatic carbocycles. The summed E-state index contributed by atoms with van der Waals surface area (Å²) in [5.74, 6) is 1.06. The number of carbonyl (C=O) groups excluding carboxylic acids is 1. The summed E-state index contributed by atoms with van der Waals surface area (Å²) >= 11 is 6.17. The van der Waals surface area contributed by atoms with Crippen LogP contribution in [0, 0.1) is 5.92 Å². The topological polar surface area (TPSA) is 45.2 Å². The normalized spacial score (nSPS) is 10.7. The third-order valence-electron chi connectivity index (χ3n) is 2.89. The summed E-state index contributed by atoms with van der Waals surface area (Å²) in [6, 6.07) is 1.69. The second-order valence-electron chi connectivity index (χ2n) is 5.22. The molecule has 0 aliphatic carbocycles. The summed E-state index contributed by atoms with van der Waals surface area (Å²) < 4.78 is 0.